The van der Waals surface area contributed by atoms with Crippen LogP contribution in [0.15, 0.2) is 0 Å². The number of esters is 1. The van der Waals surface area contributed by atoms with Gasteiger partial charge in [-0.2, -0.15) is 0 Å². The number of hydrogen-bond acceptors (Lipinski definition) is 9. The van der Waals surface area contributed by atoms with E-state index in [1.165, 1.54) is 52.7 Å². The van der Waals surface area contributed by atoms with Gasteiger partial charge < -0.3 is 34.4 Å². The van der Waals surface area contributed by atoms with E-state index >= 15 is 0 Å². The fourth-order valence-electron chi connectivity index (χ4n) is 6.77. The number of ether oxygens (including phenoxy) is 2. The van der Waals surface area contributed by atoms with Crippen molar-refractivity contribution in [3.05, 3.63) is 0 Å². The summed E-state index contributed by atoms with van der Waals surface area (Å²) in [5.41, 5.74) is -0.717. The maximum atomic E-state index is 13.9. The molecule has 0 saturated heterocycles. The van der Waals surface area contributed by atoms with Gasteiger partial charge in [0.2, 0.25) is 29.5 Å². The molecule has 58 heavy (non-hydrogen) atoms. The molecule has 0 spiro atoms. The molecule has 0 radical (unpaired) electrons. The lowest BCUT2D eigenvalue weighted by molar-refractivity contribution is -0.159. The van der Waals surface area contributed by atoms with E-state index in [2.05, 4.69) is 25.0 Å². The Hall–Kier alpha value is -3.69. The van der Waals surface area contributed by atoms with E-state index in [4.69, 9.17) is 9.47 Å². The van der Waals surface area contributed by atoms with Gasteiger partial charge in [0.25, 0.3) is 0 Å². The van der Waals surface area contributed by atoms with Crippen molar-refractivity contribution >= 4 is 49.7 Å². The SMILES string of the molecule is CC[C@H](C)[C@H](NC(=O)[C@H](CC(C)C)N(C)C(=O)OCC[Si](C)(C)C)C(=O)N(C)CC(=O)N(C)CC(=O)N(C)[C@@H](CC1CCCCC1)C(=O)N(C)CC(=O)OC(C)(C)C. The quantitative estimate of drug-likeness (QED) is 0.126. The van der Waals surface area contributed by atoms with Crippen LogP contribution in [0.2, 0.25) is 25.7 Å². The summed E-state index contributed by atoms with van der Waals surface area (Å²) in [4.78, 5) is 101. The van der Waals surface area contributed by atoms with Gasteiger partial charge in [0.15, 0.2) is 0 Å². The zero-order valence-electron chi connectivity index (χ0n) is 38.6. The van der Waals surface area contributed by atoms with Crippen molar-refractivity contribution in [2.24, 2.45) is 17.8 Å². The number of rotatable bonds is 21. The lowest BCUT2D eigenvalue weighted by Gasteiger charge is -2.35. The highest BCUT2D eigenvalue weighted by molar-refractivity contribution is 6.76. The van der Waals surface area contributed by atoms with Gasteiger partial charge in [0.05, 0.1) is 19.7 Å². The van der Waals surface area contributed by atoms with Crippen LogP contribution in [0.5, 0.6) is 0 Å². The molecule has 0 heterocycles. The predicted octanol–water partition coefficient (Wildman–Crippen LogP) is 4.85. The third-order valence-corrected chi connectivity index (χ3v) is 12.4. The van der Waals surface area contributed by atoms with E-state index in [1.54, 1.807) is 27.8 Å². The first-order valence-corrected chi connectivity index (χ1v) is 24.8. The molecule has 0 aromatic carbocycles. The first-order chi connectivity index (χ1) is 26.7. The van der Waals surface area contributed by atoms with Crippen molar-refractivity contribution < 1.29 is 43.0 Å². The third-order valence-electron chi connectivity index (χ3n) is 10.7. The van der Waals surface area contributed by atoms with Crippen LogP contribution < -0.4 is 5.32 Å². The van der Waals surface area contributed by atoms with E-state index in [9.17, 15) is 33.6 Å². The summed E-state index contributed by atoms with van der Waals surface area (Å²) in [5, 5.41) is 2.88. The van der Waals surface area contributed by atoms with Gasteiger partial charge in [-0.3, -0.25) is 33.7 Å². The molecular formula is C42H78N6O9Si. The number of amides is 6. The summed E-state index contributed by atoms with van der Waals surface area (Å²) in [6, 6.07) is -1.92. The molecule has 0 aromatic heterocycles. The summed E-state index contributed by atoms with van der Waals surface area (Å²) >= 11 is 0. The summed E-state index contributed by atoms with van der Waals surface area (Å²) in [6.07, 6.45) is 5.84. The Bertz CT molecular complexity index is 1390. The Morgan fingerprint density at radius 3 is 1.81 bits per heavy atom. The van der Waals surface area contributed by atoms with E-state index in [0.717, 1.165) is 38.1 Å². The number of nitrogens with one attached hydrogen (secondary N) is 1. The van der Waals surface area contributed by atoms with Crippen molar-refractivity contribution in [3.63, 3.8) is 0 Å². The molecule has 1 rings (SSSR count). The highest BCUT2D eigenvalue weighted by Crippen LogP contribution is 2.29. The molecule has 1 aliphatic rings. The lowest BCUT2D eigenvalue weighted by Crippen LogP contribution is -2.57. The number of carbonyl (C=O) groups excluding carboxylic acids is 7. The summed E-state index contributed by atoms with van der Waals surface area (Å²) in [7, 11) is 6.07. The first-order valence-electron chi connectivity index (χ1n) is 21.1. The molecule has 0 bridgehead atoms. The Morgan fingerprint density at radius 1 is 0.741 bits per heavy atom. The van der Waals surface area contributed by atoms with Crippen LogP contribution in [0.1, 0.15) is 99.8 Å². The van der Waals surface area contributed by atoms with E-state index in [-0.39, 0.29) is 49.9 Å². The van der Waals surface area contributed by atoms with Crippen molar-refractivity contribution in [3.8, 4) is 0 Å². The first kappa shape index (κ1) is 52.3. The maximum Gasteiger partial charge on any atom is 0.410 e. The van der Waals surface area contributed by atoms with Gasteiger partial charge >= 0.3 is 12.1 Å². The van der Waals surface area contributed by atoms with Crippen LogP contribution in [-0.4, -0.2) is 159 Å². The number of likely N-dealkylation sites (N-methyl/N-ethyl adjacent to an activating group) is 5. The standard InChI is InChI=1S/C42H78N6O9Si/c1-16-30(4)37(43-38(52)32(24-29(2)3)48(12)41(55)56-22-23-58(13,14)15)40(54)45(9)26-34(49)44(8)27-35(50)47(11)33(25-31-20-18-17-19-21-31)39(53)46(10)28-36(51)57-42(5,6)7/h29-33,37H,16-28H2,1-15H3,(H,43,52)/t30-,32-,33-,37-/m0/s1. The summed E-state index contributed by atoms with van der Waals surface area (Å²) < 4.78 is 10.9. The average Bonchev–Trinajstić information content (AvgIpc) is 3.12. The minimum Gasteiger partial charge on any atom is -0.459 e. The van der Waals surface area contributed by atoms with Crippen LogP contribution >= 0.6 is 0 Å². The minimum atomic E-state index is -1.45. The molecule has 1 saturated carbocycles. The monoisotopic (exact) mass is 839 g/mol. The Labute approximate surface area is 350 Å². The molecule has 0 aliphatic heterocycles. The number of hydrogen-bond donors (Lipinski definition) is 1. The van der Waals surface area contributed by atoms with Gasteiger partial charge in [0.1, 0.15) is 30.3 Å². The maximum absolute atomic E-state index is 13.9. The average molecular weight is 839 g/mol. The zero-order valence-corrected chi connectivity index (χ0v) is 39.6. The second kappa shape index (κ2) is 23.8. The van der Waals surface area contributed by atoms with Crippen LogP contribution in [0.25, 0.3) is 0 Å². The Balaban J connectivity index is 3.10. The van der Waals surface area contributed by atoms with Gasteiger partial charge in [-0.1, -0.05) is 85.9 Å². The molecule has 1 N–H and O–H groups in total. The molecule has 0 unspecified atom stereocenters. The fourth-order valence-corrected chi connectivity index (χ4v) is 7.49. The smallest absolute Gasteiger partial charge is 0.410 e. The number of carbonyl (C=O) groups is 7. The Morgan fingerprint density at radius 2 is 1.29 bits per heavy atom. The minimum absolute atomic E-state index is 0.0575. The van der Waals surface area contributed by atoms with Crippen molar-refractivity contribution in [1.29, 1.82) is 0 Å². The second-order valence-electron chi connectivity index (χ2n) is 19.0. The molecule has 6 amide bonds. The van der Waals surface area contributed by atoms with Crippen LogP contribution in [-0.2, 0) is 38.2 Å². The van der Waals surface area contributed by atoms with Gasteiger partial charge in [0, 0.05) is 43.3 Å². The van der Waals surface area contributed by atoms with Gasteiger partial charge in [-0.05, 0) is 57.4 Å². The topological polar surface area (TPSA) is 166 Å². The summed E-state index contributed by atoms with van der Waals surface area (Å²) in [5.74, 6) is -2.89. The van der Waals surface area contributed by atoms with Crippen LogP contribution in [0.3, 0.4) is 0 Å². The lowest BCUT2D eigenvalue weighted by atomic mass is 9.84. The molecule has 1 aliphatic carbocycles. The van der Waals surface area contributed by atoms with E-state index < -0.39 is 67.5 Å². The van der Waals surface area contributed by atoms with Crippen LogP contribution in [0, 0.1) is 17.8 Å². The second-order valence-corrected chi connectivity index (χ2v) is 24.7. The largest absolute Gasteiger partial charge is 0.459 e. The van der Waals surface area contributed by atoms with Crippen molar-refractivity contribution in [2.45, 2.75) is 149 Å². The normalized spacial score (nSPS) is 15.7. The zero-order chi connectivity index (χ0) is 44.7. The molecular weight excluding hydrogens is 761 g/mol. The van der Waals surface area contributed by atoms with Crippen molar-refractivity contribution in [1.82, 2.24) is 29.8 Å². The van der Waals surface area contributed by atoms with Gasteiger partial charge in [-0.15, -0.1) is 0 Å². The van der Waals surface area contributed by atoms with Gasteiger partial charge in [-0.25, -0.2) is 4.79 Å². The highest BCUT2D eigenvalue weighted by Gasteiger charge is 2.37. The molecule has 334 valence electrons. The molecule has 15 nitrogen and oxygen atoms in total. The van der Waals surface area contributed by atoms with E-state index in [1.807, 2.05) is 27.7 Å². The fraction of sp³-hybridized carbons (Fsp3) is 0.833. The van der Waals surface area contributed by atoms with Crippen molar-refractivity contribution in [2.75, 3.05) is 61.5 Å². The molecule has 0 aromatic rings. The molecule has 16 heteroatoms. The third kappa shape index (κ3) is 18.5. The molecule has 4 atom stereocenters. The molecule has 1 fully saturated rings. The highest BCUT2D eigenvalue weighted by atomic mass is 28.3. The predicted molar refractivity (Wildman–Crippen MR) is 228 cm³/mol. The number of nitrogens with zero attached hydrogens (tertiary/aromatic N) is 5. The Kier molecular flexibility index (Phi) is 21.5. The van der Waals surface area contributed by atoms with Crippen LogP contribution in [0.4, 0.5) is 4.79 Å². The van der Waals surface area contributed by atoms with E-state index in [0.29, 0.717) is 19.3 Å². The summed E-state index contributed by atoms with van der Waals surface area (Å²) in [6.45, 7) is 18.7.